The Balaban J connectivity index is 1.84. The number of aryl methyl sites for hydroxylation is 1. The van der Waals surface area contributed by atoms with Crippen molar-refractivity contribution in [3.8, 4) is 0 Å². The SMILES string of the molecule is Cn1nc(C(F)(F)F)c(C=NOC(=O)c2ccccc2Cl)c1SCc1ccc(Cl)cc1. The van der Waals surface area contributed by atoms with E-state index in [0.717, 1.165) is 28.2 Å². The van der Waals surface area contributed by atoms with Gasteiger partial charge in [-0.2, -0.15) is 18.3 Å². The predicted octanol–water partition coefficient (Wildman–Crippen LogP) is 6.23. The van der Waals surface area contributed by atoms with E-state index in [2.05, 4.69) is 10.3 Å². The molecule has 5 nitrogen and oxygen atoms in total. The van der Waals surface area contributed by atoms with Gasteiger partial charge in [-0.3, -0.25) is 4.68 Å². The van der Waals surface area contributed by atoms with Crippen LogP contribution in [0, 0.1) is 0 Å². The lowest BCUT2D eigenvalue weighted by Crippen LogP contribution is -2.09. The first-order chi connectivity index (χ1) is 14.7. The quantitative estimate of drug-likeness (QED) is 0.179. The van der Waals surface area contributed by atoms with E-state index < -0.39 is 17.8 Å². The lowest BCUT2D eigenvalue weighted by Gasteiger charge is -2.06. The third-order valence-corrected chi connectivity index (χ3v) is 5.81. The Hall–Kier alpha value is -2.49. The third-order valence-electron chi connectivity index (χ3n) is 4.00. The minimum absolute atomic E-state index is 0.0425. The normalized spacial score (nSPS) is 11.8. The largest absolute Gasteiger partial charge is 0.435 e. The zero-order valence-corrected chi connectivity index (χ0v) is 18.2. The molecule has 1 heterocycles. The smallest absolute Gasteiger partial charge is 0.313 e. The Labute approximate surface area is 189 Å². The Morgan fingerprint density at radius 2 is 1.87 bits per heavy atom. The molecule has 0 aliphatic heterocycles. The molecule has 0 unspecified atom stereocenters. The number of benzene rings is 2. The molecule has 0 aliphatic rings. The molecule has 0 fully saturated rings. The summed E-state index contributed by atoms with van der Waals surface area (Å²) < 4.78 is 41.5. The molecule has 1 aromatic heterocycles. The van der Waals surface area contributed by atoms with E-state index in [0.29, 0.717) is 10.8 Å². The third kappa shape index (κ3) is 5.81. The molecule has 0 spiro atoms. The molecule has 2 aromatic carbocycles. The van der Waals surface area contributed by atoms with Gasteiger partial charge in [0.2, 0.25) is 0 Å². The van der Waals surface area contributed by atoms with Crippen molar-refractivity contribution in [3.63, 3.8) is 0 Å². The number of carbonyl (C=O) groups is 1. The maximum atomic E-state index is 13.5. The predicted molar refractivity (Wildman–Crippen MR) is 114 cm³/mol. The van der Waals surface area contributed by atoms with Crippen LogP contribution in [0.1, 0.15) is 27.2 Å². The highest BCUT2D eigenvalue weighted by atomic mass is 35.5. The highest BCUT2D eigenvalue weighted by Crippen LogP contribution is 2.36. The van der Waals surface area contributed by atoms with Gasteiger partial charge in [-0.1, -0.05) is 52.6 Å². The number of halogens is 5. The minimum atomic E-state index is -4.72. The Bertz CT molecular complexity index is 1120. The lowest BCUT2D eigenvalue weighted by atomic mass is 10.2. The van der Waals surface area contributed by atoms with E-state index in [1.807, 2.05) is 0 Å². The van der Waals surface area contributed by atoms with E-state index >= 15 is 0 Å². The first-order valence-corrected chi connectivity index (χ1v) is 10.4. The topological polar surface area (TPSA) is 56.5 Å². The van der Waals surface area contributed by atoms with Crippen LogP contribution in [-0.2, 0) is 23.8 Å². The van der Waals surface area contributed by atoms with Crippen LogP contribution in [0.15, 0.2) is 58.7 Å². The Morgan fingerprint density at radius 3 is 2.52 bits per heavy atom. The number of alkyl halides is 3. The van der Waals surface area contributed by atoms with Crippen molar-refractivity contribution in [2.75, 3.05) is 0 Å². The van der Waals surface area contributed by atoms with Crippen molar-refractivity contribution in [1.29, 1.82) is 0 Å². The number of hydrogen-bond acceptors (Lipinski definition) is 5. The Kier molecular flexibility index (Phi) is 7.30. The molecule has 0 radical (unpaired) electrons. The molecule has 3 rings (SSSR count). The summed E-state index contributed by atoms with van der Waals surface area (Å²) in [6.07, 6.45) is -3.89. The van der Waals surface area contributed by atoms with Crippen molar-refractivity contribution in [2.24, 2.45) is 12.2 Å². The van der Waals surface area contributed by atoms with Crippen LogP contribution in [0.5, 0.6) is 0 Å². The number of oxime groups is 1. The zero-order valence-electron chi connectivity index (χ0n) is 15.9. The fourth-order valence-electron chi connectivity index (χ4n) is 2.56. The van der Waals surface area contributed by atoms with Gasteiger partial charge in [-0.15, -0.1) is 11.8 Å². The second-order valence-electron chi connectivity index (χ2n) is 6.20. The second-order valence-corrected chi connectivity index (χ2v) is 8.00. The van der Waals surface area contributed by atoms with E-state index in [-0.39, 0.29) is 21.2 Å². The summed E-state index contributed by atoms with van der Waals surface area (Å²) in [7, 11) is 1.40. The van der Waals surface area contributed by atoms with Crippen molar-refractivity contribution in [3.05, 3.63) is 81.0 Å². The summed E-state index contributed by atoms with van der Waals surface area (Å²) in [5.74, 6) is -0.525. The standard InChI is InChI=1S/C20H14Cl2F3N3O2S/c1-28-18(31-11-12-6-8-13(21)9-7-12)15(17(27-28)20(23,24)25)10-26-30-19(29)14-4-2-3-5-16(14)22/h2-10H,11H2,1H3. The van der Waals surface area contributed by atoms with Gasteiger partial charge in [-0.25, -0.2) is 4.79 Å². The molecular formula is C20H14Cl2F3N3O2S. The molecule has 31 heavy (non-hydrogen) atoms. The van der Waals surface area contributed by atoms with Crippen molar-refractivity contribution in [2.45, 2.75) is 17.0 Å². The average molecular weight is 488 g/mol. The first kappa shape index (κ1) is 23.2. The van der Waals surface area contributed by atoms with Crippen LogP contribution in [0.4, 0.5) is 13.2 Å². The number of nitrogens with zero attached hydrogens (tertiary/aromatic N) is 3. The summed E-state index contributed by atoms with van der Waals surface area (Å²) in [5.41, 5.74) is -0.537. The van der Waals surface area contributed by atoms with Crippen molar-refractivity contribution in [1.82, 2.24) is 9.78 Å². The molecule has 3 aromatic rings. The molecule has 0 bridgehead atoms. The van der Waals surface area contributed by atoms with E-state index in [9.17, 15) is 18.0 Å². The summed E-state index contributed by atoms with van der Waals surface area (Å²) >= 11 is 12.9. The van der Waals surface area contributed by atoms with Gasteiger partial charge in [0.1, 0.15) is 5.03 Å². The van der Waals surface area contributed by atoms with Crippen LogP contribution in [-0.4, -0.2) is 22.0 Å². The molecule has 0 saturated carbocycles. The van der Waals surface area contributed by atoms with Gasteiger partial charge >= 0.3 is 12.1 Å². The van der Waals surface area contributed by atoms with Crippen molar-refractivity contribution < 1.29 is 22.8 Å². The summed E-state index contributed by atoms with van der Waals surface area (Å²) in [4.78, 5) is 16.8. The van der Waals surface area contributed by atoms with Gasteiger partial charge in [0, 0.05) is 17.8 Å². The van der Waals surface area contributed by atoms with E-state index in [1.165, 1.54) is 19.2 Å². The van der Waals surface area contributed by atoms with Crippen LogP contribution in [0.25, 0.3) is 0 Å². The maximum absolute atomic E-state index is 13.5. The molecule has 0 saturated heterocycles. The highest BCUT2D eigenvalue weighted by molar-refractivity contribution is 7.98. The van der Waals surface area contributed by atoms with Gasteiger partial charge in [0.05, 0.1) is 22.4 Å². The number of rotatable bonds is 6. The van der Waals surface area contributed by atoms with Crippen LogP contribution in [0.3, 0.4) is 0 Å². The Morgan fingerprint density at radius 1 is 1.19 bits per heavy atom. The number of hydrogen-bond donors (Lipinski definition) is 0. The van der Waals surface area contributed by atoms with E-state index in [1.54, 1.807) is 36.4 Å². The molecule has 0 amide bonds. The lowest BCUT2D eigenvalue weighted by molar-refractivity contribution is -0.141. The number of thioether (sulfide) groups is 1. The van der Waals surface area contributed by atoms with Crippen LogP contribution in [0.2, 0.25) is 10.0 Å². The van der Waals surface area contributed by atoms with Gasteiger partial charge in [-0.05, 0) is 29.8 Å². The molecule has 11 heteroatoms. The van der Waals surface area contributed by atoms with Crippen LogP contribution < -0.4 is 0 Å². The second kappa shape index (κ2) is 9.76. The fraction of sp³-hybridized carbons (Fsp3) is 0.150. The van der Waals surface area contributed by atoms with Gasteiger partial charge < -0.3 is 4.84 Å². The number of aromatic nitrogens is 2. The molecule has 0 aliphatic carbocycles. The van der Waals surface area contributed by atoms with Crippen LogP contribution >= 0.6 is 35.0 Å². The van der Waals surface area contributed by atoms with Gasteiger partial charge in [0.15, 0.2) is 5.69 Å². The van der Waals surface area contributed by atoms with E-state index in [4.69, 9.17) is 28.0 Å². The first-order valence-electron chi connectivity index (χ1n) is 8.67. The van der Waals surface area contributed by atoms with Gasteiger partial charge in [0.25, 0.3) is 0 Å². The van der Waals surface area contributed by atoms with Crippen molar-refractivity contribution >= 4 is 47.1 Å². The molecule has 0 N–H and O–H groups in total. The fourth-order valence-corrected chi connectivity index (χ4v) is 3.92. The molecule has 162 valence electrons. The summed E-state index contributed by atoms with van der Waals surface area (Å²) in [6, 6.07) is 13.0. The monoisotopic (exact) mass is 487 g/mol. The maximum Gasteiger partial charge on any atom is 0.435 e. The summed E-state index contributed by atoms with van der Waals surface area (Å²) in [6.45, 7) is 0. The molecule has 0 atom stereocenters. The highest BCUT2D eigenvalue weighted by Gasteiger charge is 2.38. The average Bonchev–Trinajstić information content (AvgIpc) is 3.03. The summed E-state index contributed by atoms with van der Waals surface area (Å²) in [5, 5.41) is 7.94. The minimum Gasteiger partial charge on any atom is -0.313 e. The molecular weight excluding hydrogens is 474 g/mol. The zero-order chi connectivity index (χ0) is 22.6. The number of carbonyl (C=O) groups excluding carboxylic acids is 1.